The van der Waals surface area contributed by atoms with E-state index in [4.69, 9.17) is 4.74 Å². The molecule has 0 radical (unpaired) electrons. The summed E-state index contributed by atoms with van der Waals surface area (Å²) in [5.74, 6) is -0.349. The van der Waals surface area contributed by atoms with Crippen LogP contribution >= 0.6 is 0 Å². The molecular weight excluding hydrogens is 383 g/mol. The molecule has 3 aromatic carbocycles. The van der Waals surface area contributed by atoms with Crippen molar-refractivity contribution in [3.05, 3.63) is 94.8 Å². The van der Waals surface area contributed by atoms with Crippen LogP contribution in [-0.2, 0) is 11.3 Å². The van der Waals surface area contributed by atoms with Crippen molar-refractivity contribution in [1.29, 1.82) is 0 Å². The molecule has 0 heterocycles. The molecular formula is C24H23FN2O3. The average Bonchev–Trinajstić information content (AvgIpc) is 2.75. The fraction of sp³-hybridized carbons (Fsp3) is 0.167. The summed E-state index contributed by atoms with van der Waals surface area (Å²) in [7, 11) is 0. The molecule has 0 fully saturated rings. The second kappa shape index (κ2) is 9.69. The van der Waals surface area contributed by atoms with Gasteiger partial charge in [-0.15, -0.1) is 0 Å². The Bertz CT molecular complexity index is 1030. The molecule has 0 unspecified atom stereocenters. The summed E-state index contributed by atoms with van der Waals surface area (Å²) < 4.78 is 18.3. The van der Waals surface area contributed by atoms with Crippen LogP contribution < -0.4 is 15.4 Å². The van der Waals surface area contributed by atoms with Gasteiger partial charge in [0.1, 0.15) is 11.6 Å². The van der Waals surface area contributed by atoms with Gasteiger partial charge in [0, 0.05) is 17.8 Å². The van der Waals surface area contributed by atoms with E-state index >= 15 is 0 Å². The number of hydrogen-bond donors (Lipinski definition) is 2. The number of anilines is 1. The van der Waals surface area contributed by atoms with Crippen molar-refractivity contribution in [2.24, 2.45) is 0 Å². The lowest BCUT2D eigenvalue weighted by atomic mass is 10.1. The molecule has 5 nitrogen and oxygen atoms in total. The highest BCUT2D eigenvalue weighted by Crippen LogP contribution is 2.19. The Morgan fingerprint density at radius 2 is 1.63 bits per heavy atom. The maximum Gasteiger partial charge on any atom is 0.258 e. The third-order valence-corrected chi connectivity index (χ3v) is 4.74. The van der Waals surface area contributed by atoms with E-state index in [2.05, 4.69) is 10.6 Å². The Morgan fingerprint density at radius 3 is 2.33 bits per heavy atom. The molecule has 6 heteroatoms. The van der Waals surface area contributed by atoms with Crippen molar-refractivity contribution in [2.45, 2.75) is 20.4 Å². The fourth-order valence-corrected chi connectivity index (χ4v) is 2.79. The van der Waals surface area contributed by atoms with Crippen LogP contribution in [0.25, 0.3) is 0 Å². The molecule has 2 amide bonds. The van der Waals surface area contributed by atoms with Crippen LogP contribution in [-0.4, -0.2) is 18.4 Å². The normalized spacial score (nSPS) is 10.4. The van der Waals surface area contributed by atoms with Gasteiger partial charge >= 0.3 is 0 Å². The van der Waals surface area contributed by atoms with Crippen LogP contribution in [0, 0.1) is 19.7 Å². The van der Waals surface area contributed by atoms with Gasteiger partial charge in [-0.05, 0) is 73.0 Å². The standard InChI is InChI=1S/C24H23FN2O3/c1-16-4-3-5-22(17(16)2)27-24(29)19-8-12-21(13-9-19)30-15-23(28)26-14-18-6-10-20(25)11-7-18/h3-13H,14-15H2,1-2H3,(H,26,28)(H,27,29). The predicted molar refractivity (Wildman–Crippen MR) is 114 cm³/mol. The number of halogens is 1. The molecule has 0 aliphatic rings. The smallest absolute Gasteiger partial charge is 0.258 e. The largest absolute Gasteiger partial charge is 0.484 e. The van der Waals surface area contributed by atoms with Crippen LogP contribution in [0.4, 0.5) is 10.1 Å². The highest BCUT2D eigenvalue weighted by atomic mass is 19.1. The minimum atomic E-state index is -0.320. The lowest BCUT2D eigenvalue weighted by Gasteiger charge is -2.11. The van der Waals surface area contributed by atoms with Gasteiger partial charge in [-0.2, -0.15) is 0 Å². The highest BCUT2D eigenvalue weighted by molar-refractivity contribution is 6.04. The molecule has 0 saturated heterocycles. The third-order valence-electron chi connectivity index (χ3n) is 4.74. The zero-order valence-corrected chi connectivity index (χ0v) is 16.9. The van der Waals surface area contributed by atoms with Gasteiger partial charge in [0.2, 0.25) is 0 Å². The third kappa shape index (κ3) is 5.67. The zero-order valence-electron chi connectivity index (χ0n) is 16.9. The number of ether oxygens (including phenoxy) is 1. The van der Waals surface area contributed by atoms with E-state index in [-0.39, 0.29) is 24.2 Å². The highest BCUT2D eigenvalue weighted by Gasteiger charge is 2.09. The Labute approximate surface area is 174 Å². The van der Waals surface area contributed by atoms with Gasteiger partial charge < -0.3 is 15.4 Å². The molecule has 3 rings (SSSR count). The van der Waals surface area contributed by atoms with Crippen LogP contribution in [0.2, 0.25) is 0 Å². The molecule has 0 aromatic heterocycles. The lowest BCUT2D eigenvalue weighted by molar-refractivity contribution is -0.123. The molecule has 2 N–H and O–H groups in total. The number of amides is 2. The lowest BCUT2D eigenvalue weighted by Crippen LogP contribution is -2.28. The monoisotopic (exact) mass is 406 g/mol. The maximum absolute atomic E-state index is 12.9. The van der Waals surface area contributed by atoms with Crippen LogP contribution in [0.15, 0.2) is 66.7 Å². The molecule has 30 heavy (non-hydrogen) atoms. The first kappa shape index (κ1) is 21.0. The molecule has 0 spiro atoms. The van der Waals surface area contributed by atoms with E-state index in [0.717, 1.165) is 22.4 Å². The number of carbonyl (C=O) groups excluding carboxylic acids is 2. The second-order valence-electron chi connectivity index (χ2n) is 6.92. The van der Waals surface area contributed by atoms with Gasteiger partial charge in [0.05, 0.1) is 0 Å². The topological polar surface area (TPSA) is 67.4 Å². The van der Waals surface area contributed by atoms with Gasteiger partial charge in [-0.1, -0.05) is 24.3 Å². The quantitative estimate of drug-likeness (QED) is 0.612. The maximum atomic E-state index is 12.9. The van der Waals surface area contributed by atoms with Gasteiger partial charge in [-0.3, -0.25) is 9.59 Å². The summed E-state index contributed by atoms with van der Waals surface area (Å²) in [6.45, 7) is 4.09. The molecule has 0 atom stereocenters. The number of hydrogen-bond acceptors (Lipinski definition) is 3. The van der Waals surface area contributed by atoms with E-state index in [0.29, 0.717) is 17.9 Å². The van der Waals surface area contributed by atoms with Crippen LogP contribution in [0.1, 0.15) is 27.0 Å². The summed E-state index contributed by atoms with van der Waals surface area (Å²) in [5, 5.41) is 5.61. The molecule has 0 aliphatic carbocycles. The summed E-state index contributed by atoms with van der Waals surface area (Å²) in [6.07, 6.45) is 0. The van der Waals surface area contributed by atoms with E-state index in [1.165, 1.54) is 12.1 Å². The minimum Gasteiger partial charge on any atom is -0.484 e. The van der Waals surface area contributed by atoms with Crippen molar-refractivity contribution < 1.29 is 18.7 Å². The molecule has 0 bridgehead atoms. The SMILES string of the molecule is Cc1cccc(NC(=O)c2ccc(OCC(=O)NCc3ccc(F)cc3)cc2)c1C. The van der Waals surface area contributed by atoms with E-state index < -0.39 is 0 Å². The Morgan fingerprint density at radius 1 is 0.933 bits per heavy atom. The molecule has 3 aromatic rings. The van der Waals surface area contributed by atoms with Gasteiger partial charge in [-0.25, -0.2) is 4.39 Å². The molecule has 154 valence electrons. The summed E-state index contributed by atoms with van der Waals surface area (Å²) in [6, 6.07) is 18.2. The number of nitrogens with one attached hydrogen (secondary N) is 2. The van der Waals surface area contributed by atoms with Crippen LogP contribution in [0.5, 0.6) is 5.75 Å². The van der Waals surface area contributed by atoms with Crippen molar-refractivity contribution >= 4 is 17.5 Å². The minimum absolute atomic E-state index is 0.158. The van der Waals surface area contributed by atoms with Crippen molar-refractivity contribution in [1.82, 2.24) is 5.32 Å². The first-order valence-corrected chi connectivity index (χ1v) is 9.54. The van der Waals surface area contributed by atoms with E-state index in [9.17, 15) is 14.0 Å². The summed E-state index contributed by atoms with van der Waals surface area (Å²) >= 11 is 0. The number of rotatable bonds is 7. The molecule has 0 saturated carbocycles. The first-order chi connectivity index (χ1) is 14.4. The van der Waals surface area contributed by atoms with Crippen molar-refractivity contribution in [2.75, 3.05) is 11.9 Å². The summed E-state index contributed by atoms with van der Waals surface area (Å²) in [5.41, 5.74) is 4.19. The van der Waals surface area contributed by atoms with Gasteiger partial charge in [0.15, 0.2) is 6.61 Å². The predicted octanol–water partition coefficient (Wildman–Crippen LogP) is 4.39. The fourth-order valence-electron chi connectivity index (χ4n) is 2.79. The number of carbonyl (C=O) groups is 2. The number of benzene rings is 3. The second-order valence-corrected chi connectivity index (χ2v) is 6.92. The van der Waals surface area contributed by atoms with Crippen molar-refractivity contribution in [3.63, 3.8) is 0 Å². The first-order valence-electron chi connectivity index (χ1n) is 9.54. The van der Waals surface area contributed by atoms with E-state index in [1.807, 2.05) is 32.0 Å². The Balaban J connectivity index is 1.49. The zero-order chi connectivity index (χ0) is 21.5. The Hall–Kier alpha value is -3.67. The van der Waals surface area contributed by atoms with Crippen LogP contribution in [0.3, 0.4) is 0 Å². The summed E-state index contributed by atoms with van der Waals surface area (Å²) in [4.78, 5) is 24.4. The Kier molecular flexibility index (Phi) is 6.80. The number of aryl methyl sites for hydroxylation is 1. The van der Waals surface area contributed by atoms with Gasteiger partial charge in [0.25, 0.3) is 11.8 Å². The van der Waals surface area contributed by atoms with Crippen molar-refractivity contribution in [3.8, 4) is 5.75 Å². The van der Waals surface area contributed by atoms with E-state index in [1.54, 1.807) is 36.4 Å². The average molecular weight is 406 g/mol. The molecule has 0 aliphatic heterocycles.